The van der Waals surface area contributed by atoms with Crippen molar-refractivity contribution in [1.82, 2.24) is 4.90 Å². The summed E-state index contributed by atoms with van der Waals surface area (Å²) in [5.41, 5.74) is 0.887. The van der Waals surface area contributed by atoms with E-state index in [0.717, 1.165) is 10.0 Å². The Bertz CT molecular complexity index is 577. The van der Waals surface area contributed by atoms with Gasteiger partial charge in [0.1, 0.15) is 6.34 Å². The SMILES string of the molecule is CC(C)(C)OCOC1=C(Br)C=NN=CN1Cc1ccccc1. The zero-order chi connectivity index (χ0) is 16.0. The lowest BCUT2D eigenvalue weighted by Crippen LogP contribution is -2.26. The van der Waals surface area contributed by atoms with Gasteiger partial charge in [-0.15, -0.1) is 5.10 Å². The van der Waals surface area contributed by atoms with Crippen molar-refractivity contribution in [3.63, 3.8) is 0 Å². The first-order chi connectivity index (χ1) is 10.5. The lowest BCUT2D eigenvalue weighted by molar-refractivity contribution is -0.109. The normalized spacial score (nSPS) is 15.2. The zero-order valence-corrected chi connectivity index (χ0v) is 14.6. The van der Waals surface area contributed by atoms with E-state index in [4.69, 9.17) is 9.47 Å². The van der Waals surface area contributed by atoms with Gasteiger partial charge in [-0.2, -0.15) is 5.10 Å². The Morgan fingerprint density at radius 1 is 1.14 bits per heavy atom. The van der Waals surface area contributed by atoms with Gasteiger partial charge in [0, 0.05) is 0 Å². The molecule has 2 rings (SSSR count). The summed E-state index contributed by atoms with van der Waals surface area (Å²) < 4.78 is 12.1. The molecule has 0 bridgehead atoms. The van der Waals surface area contributed by atoms with Gasteiger partial charge in [0.25, 0.3) is 0 Å². The van der Waals surface area contributed by atoms with E-state index in [1.165, 1.54) is 0 Å². The molecule has 0 atom stereocenters. The van der Waals surface area contributed by atoms with Crippen molar-refractivity contribution in [2.24, 2.45) is 10.2 Å². The summed E-state index contributed by atoms with van der Waals surface area (Å²) in [6.45, 7) is 6.74. The van der Waals surface area contributed by atoms with Gasteiger partial charge in [0.15, 0.2) is 6.79 Å². The van der Waals surface area contributed by atoms with Gasteiger partial charge in [0.05, 0.1) is 22.8 Å². The first-order valence-corrected chi connectivity index (χ1v) is 7.78. The van der Waals surface area contributed by atoms with E-state index in [0.29, 0.717) is 12.4 Å². The van der Waals surface area contributed by atoms with Crippen molar-refractivity contribution in [3.8, 4) is 0 Å². The van der Waals surface area contributed by atoms with Crippen molar-refractivity contribution in [1.29, 1.82) is 0 Å². The molecule has 0 aromatic heterocycles. The molecule has 1 heterocycles. The molecule has 0 radical (unpaired) electrons. The van der Waals surface area contributed by atoms with Crippen LogP contribution in [-0.4, -0.2) is 29.8 Å². The van der Waals surface area contributed by atoms with Crippen LogP contribution in [0.25, 0.3) is 0 Å². The molecular formula is C16H20BrN3O2. The van der Waals surface area contributed by atoms with Crippen molar-refractivity contribution >= 4 is 28.5 Å². The lowest BCUT2D eigenvalue weighted by Gasteiger charge is -2.25. The molecule has 0 spiro atoms. The maximum atomic E-state index is 5.79. The quantitative estimate of drug-likeness (QED) is 0.744. The van der Waals surface area contributed by atoms with E-state index >= 15 is 0 Å². The number of hydrogen-bond acceptors (Lipinski definition) is 5. The molecule has 1 aromatic carbocycles. The number of benzene rings is 1. The zero-order valence-electron chi connectivity index (χ0n) is 13.0. The highest BCUT2D eigenvalue weighted by molar-refractivity contribution is 9.12. The molecular weight excluding hydrogens is 346 g/mol. The minimum atomic E-state index is -0.260. The summed E-state index contributed by atoms with van der Waals surface area (Å²) >= 11 is 3.47. The highest BCUT2D eigenvalue weighted by atomic mass is 79.9. The maximum absolute atomic E-state index is 5.79. The van der Waals surface area contributed by atoms with Gasteiger partial charge in [-0.25, -0.2) is 0 Å². The molecule has 0 saturated carbocycles. The van der Waals surface area contributed by atoms with Crippen molar-refractivity contribution in [3.05, 3.63) is 46.3 Å². The van der Waals surface area contributed by atoms with Crippen LogP contribution in [0.1, 0.15) is 26.3 Å². The third-order valence-corrected chi connectivity index (χ3v) is 3.32. The number of allylic oxidation sites excluding steroid dienone is 1. The lowest BCUT2D eigenvalue weighted by atomic mass is 10.2. The second kappa shape index (κ2) is 7.56. The van der Waals surface area contributed by atoms with Crippen LogP contribution in [0.3, 0.4) is 0 Å². The first-order valence-electron chi connectivity index (χ1n) is 6.99. The smallest absolute Gasteiger partial charge is 0.213 e. The van der Waals surface area contributed by atoms with Gasteiger partial charge in [-0.1, -0.05) is 30.3 Å². The molecule has 1 aliphatic rings. The predicted octanol–water partition coefficient (Wildman–Crippen LogP) is 3.87. The Kier molecular flexibility index (Phi) is 5.74. The number of ether oxygens (including phenoxy) is 2. The van der Waals surface area contributed by atoms with E-state index in [2.05, 4.69) is 38.3 Å². The van der Waals surface area contributed by atoms with Crippen LogP contribution in [-0.2, 0) is 16.0 Å². The fourth-order valence-corrected chi connectivity index (χ4v) is 2.16. The Morgan fingerprint density at radius 2 is 1.86 bits per heavy atom. The summed E-state index contributed by atoms with van der Waals surface area (Å²) in [6.07, 6.45) is 3.25. The standard InChI is InChI=1S/C16H20BrN3O2/c1-16(2,3)22-12-21-15-14(17)9-18-19-11-20(15)10-13-7-5-4-6-8-13/h4-9,11H,10,12H2,1-3H3. The van der Waals surface area contributed by atoms with E-state index in [9.17, 15) is 0 Å². The number of hydrogen-bond donors (Lipinski definition) is 0. The molecule has 0 fully saturated rings. The van der Waals surface area contributed by atoms with Crippen LogP contribution in [0.15, 0.2) is 50.9 Å². The monoisotopic (exact) mass is 365 g/mol. The number of halogens is 1. The van der Waals surface area contributed by atoms with Gasteiger partial charge < -0.3 is 9.47 Å². The minimum absolute atomic E-state index is 0.154. The second-order valence-electron chi connectivity index (χ2n) is 5.76. The van der Waals surface area contributed by atoms with E-state index in [1.54, 1.807) is 12.6 Å². The number of rotatable bonds is 5. The highest BCUT2D eigenvalue weighted by Gasteiger charge is 2.17. The summed E-state index contributed by atoms with van der Waals surface area (Å²) in [4.78, 5) is 1.89. The molecule has 0 saturated heterocycles. The van der Waals surface area contributed by atoms with Gasteiger partial charge in [-0.3, -0.25) is 4.90 Å². The van der Waals surface area contributed by atoms with Crippen LogP contribution in [0.5, 0.6) is 0 Å². The summed E-state index contributed by atoms with van der Waals surface area (Å²) in [5, 5.41) is 7.91. The average molecular weight is 366 g/mol. The molecule has 5 nitrogen and oxygen atoms in total. The van der Waals surface area contributed by atoms with Crippen molar-refractivity contribution in [2.75, 3.05) is 6.79 Å². The maximum Gasteiger partial charge on any atom is 0.213 e. The number of nitrogens with zero attached hydrogens (tertiary/aromatic N) is 3. The Hall–Kier alpha value is -1.66. The third kappa shape index (κ3) is 5.27. The average Bonchev–Trinajstić information content (AvgIpc) is 2.62. The second-order valence-corrected chi connectivity index (χ2v) is 6.62. The van der Waals surface area contributed by atoms with Crippen molar-refractivity contribution < 1.29 is 9.47 Å². The van der Waals surface area contributed by atoms with Crippen LogP contribution < -0.4 is 0 Å². The van der Waals surface area contributed by atoms with Gasteiger partial charge in [-0.05, 0) is 42.3 Å². The Morgan fingerprint density at radius 3 is 2.55 bits per heavy atom. The first kappa shape index (κ1) is 16.7. The molecule has 6 heteroatoms. The Labute approximate surface area is 139 Å². The topological polar surface area (TPSA) is 46.4 Å². The highest BCUT2D eigenvalue weighted by Crippen LogP contribution is 2.20. The van der Waals surface area contributed by atoms with Crippen LogP contribution >= 0.6 is 15.9 Å². The van der Waals surface area contributed by atoms with E-state index in [1.807, 2.05) is 43.9 Å². The fraction of sp³-hybridized carbons (Fsp3) is 0.375. The summed E-state index contributed by atoms with van der Waals surface area (Å²) in [6, 6.07) is 10.1. The van der Waals surface area contributed by atoms with Crippen LogP contribution in [0, 0.1) is 0 Å². The molecule has 0 N–H and O–H groups in total. The molecule has 0 aliphatic carbocycles. The van der Waals surface area contributed by atoms with E-state index in [-0.39, 0.29) is 12.4 Å². The molecule has 22 heavy (non-hydrogen) atoms. The van der Waals surface area contributed by atoms with Gasteiger partial charge >= 0.3 is 0 Å². The third-order valence-electron chi connectivity index (χ3n) is 2.78. The Balaban J connectivity index is 2.10. The summed E-state index contributed by atoms with van der Waals surface area (Å²) in [5.74, 6) is 0.623. The van der Waals surface area contributed by atoms with Crippen LogP contribution in [0.4, 0.5) is 0 Å². The van der Waals surface area contributed by atoms with Crippen LogP contribution in [0.2, 0.25) is 0 Å². The molecule has 0 amide bonds. The summed E-state index contributed by atoms with van der Waals surface area (Å²) in [7, 11) is 0. The largest absolute Gasteiger partial charge is 0.451 e. The predicted molar refractivity (Wildman–Crippen MR) is 91.7 cm³/mol. The fourth-order valence-electron chi connectivity index (χ4n) is 1.73. The van der Waals surface area contributed by atoms with Crippen molar-refractivity contribution in [2.45, 2.75) is 32.9 Å². The van der Waals surface area contributed by atoms with Gasteiger partial charge in [0.2, 0.25) is 5.88 Å². The molecule has 0 unspecified atom stereocenters. The molecule has 118 valence electrons. The minimum Gasteiger partial charge on any atom is -0.451 e. The molecule has 1 aromatic rings. The molecule has 1 aliphatic heterocycles. The van der Waals surface area contributed by atoms with E-state index < -0.39 is 0 Å².